The minimum Gasteiger partial charge on any atom is -0.393 e. The minimum atomic E-state index is -0.438. The van der Waals surface area contributed by atoms with E-state index in [0.29, 0.717) is 5.56 Å². The van der Waals surface area contributed by atoms with Crippen molar-refractivity contribution in [1.82, 2.24) is 0 Å². The third-order valence-corrected chi connectivity index (χ3v) is 3.62. The maximum atomic E-state index is 11.1. The monoisotopic (exact) mass is 260 g/mol. The molecule has 0 aliphatic heterocycles. The third kappa shape index (κ3) is 2.12. The van der Waals surface area contributed by atoms with E-state index < -0.39 is 4.92 Å². The summed E-state index contributed by atoms with van der Waals surface area (Å²) in [6.45, 7) is 5.62. The second-order valence-electron chi connectivity index (χ2n) is 3.88. The molecule has 0 saturated heterocycles. The number of nitrogen functional groups attached to an aromatic ring is 1. The Balaban J connectivity index is 2.73. The fourth-order valence-electron chi connectivity index (χ4n) is 1.77. The van der Waals surface area contributed by atoms with Crippen molar-refractivity contribution in [2.45, 2.75) is 6.92 Å². The highest BCUT2D eigenvalue weighted by Gasteiger charge is 2.21. The largest absolute Gasteiger partial charge is 0.393 e. The van der Waals surface area contributed by atoms with Crippen molar-refractivity contribution >= 4 is 28.8 Å². The number of nitrogens with zero attached hydrogens (tertiary/aromatic N) is 1. The number of hydrogen-bond acceptors (Lipinski definition) is 4. The van der Waals surface area contributed by atoms with Gasteiger partial charge in [-0.25, -0.2) is 0 Å². The minimum absolute atomic E-state index is 0.0394. The van der Waals surface area contributed by atoms with Crippen LogP contribution < -0.4 is 5.73 Å². The van der Waals surface area contributed by atoms with Crippen molar-refractivity contribution in [2.24, 2.45) is 0 Å². The van der Waals surface area contributed by atoms with E-state index in [-0.39, 0.29) is 11.4 Å². The number of thiophene rings is 1. The second kappa shape index (κ2) is 4.62. The van der Waals surface area contributed by atoms with Gasteiger partial charge in [0.2, 0.25) is 0 Å². The Morgan fingerprint density at radius 1 is 1.44 bits per heavy atom. The van der Waals surface area contributed by atoms with Gasteiger partial charge in [0.25, 0.3) is 0 Å². The van der Waals surface area contributed by atoms with Crippen LogP contribution in [0.5, 0.6) is 0 Å². The first-order chi connectivity index (χ1) is 8.52. The third-order valence-electron chi connectivity index (χ3n) is 2.59. The number of nitro groups is 1. The Kier molecular flexibility index (Phi) is 3.16. The van der Waals surface area contributed by atoms with Crippen LogP contribution >= 0.6 is 11.3 Å². The fraction of sp³-hybridized carbons (Fsp3) is 0.0769. The van der Waals surface area contributed by atoms with Crippen LogP contribution in [0, 0.1) is 17.0 Å². The molecule has 18 heavy (non-hydrogen) atoms. The van der Waals surface area contributed by atoms with Gasteiger partial charge in [-0.05, 0) is 36.8 Å². The lowest BCUT2D eigenvalue weighted by molar-refractivity contribution is -0.383. The smallest absolute Gasteiger partial charge is 0.300 e. The maximum Gasteiger partial charge on any atom is 0.300 e. The number of nitrogens with two attached hydrogens (primary N) is 1. The lowest BCUT2D eigenvalue weighted by Gasteiger charge is -2.05. The van der Waals surface area contributed by atoms with Crippen molar-refractivity contribution < 1.29 is 4.92 Å². The highest BCUT2D eigenvalue weighted by molar-refractivity contribution is 7.15. The predicted molar refractivity (Wildman–Crippen MR) is 75.6 cm³/mol. The quantitative estimate of drug-likeness (QED) is 0.517. The highest BCUT2D eigenvalue weighted by atomic mass is 32.1. The van der Waals surface area contributed by atoms with E-state index in [2.05, 4.69) is 6.58 Å². The van der Waals surface area contributed by atoms with Gasteiger partial charge in [-0.2, -0.15) is 0 Å². The van der Waals surface area contributed by atoms with Crippen LogP contribution in [0.1, 0.15) is 10.4 Å². The normalized spacial score (nSPS) is 10.3. The number of nitro benzene ring substituents is 1. The van der Waals surface area contributed by atoms with Crippen LogP contribution in [0.25, 0.3) is 16.5 Å². The molecule has 1 heterocycles. The molecule has 0 saturated carbocycles. The van der Waals surface area contributed by atoms with Gasteiger partial charge in [-0.1, -0.05) is 12.7 Å². The van der Waals surface area contributed by atoms with Crippen molar-refractivity contribution in [3.8, 4) is 10.4 Å². The van der Waals surface area contributed by atoms with E-state index >= 15 is 0 Å². The van der Waals surface area contributed by atoms with Gasteiger partial charge >= 0.3 is 5.69 Å². The molecule has 0 radical (unpaired) electrons. The summed E-state index contributed by atoms with van der Waals surface area (Å²) < 4.78 is 0. The summed E-state index contributed by atoms with van der Waals surface area (Å²) in [6.07, 6.45) is 1.63. The van der Waals surface area contributed by atoms with Gasteiger partial charge in [0.1, 0.15) is 5.69 Å². The zero-order chi connectivity index (χ0) is 13.3. The summed E-state index contributed by atoms with van der Waals surface area (Å²) in [5.41, 5.74) is 7.21. The maximum absolute atomic E-state index is 11.1. The molecule has 0 atom stereocenters. The summed E-state index contributed by atoms with van der Waals surface area (Å²) >= 11 is 1.51. The molecule has 2 rings (SSSR count). The van der Waals surface area contributed by atoms with E-state index in [9.17, 15) is 10.1 Å². The molecular weight excluding hydrogens is 248 g/mol. The molecule has 2 N–H and O–H groups in total. The standard InChI is InChI=1S/C13H12N2O2S/c1-3-9-6-10(12-5-4-8(2)18-12)13(15(16)17)11(14)7-9/h3-7H,1,14H2,2H3. The Bertz CT molecular complexity index is 632. The predicted octanol–water partition coefficient (Wildman–Crippen LogP) is 3.86. The number of rotatable bonds is 3. The Morgan fingerprint density at radius 2 is 2.17 bits per heavy atom. The van der Waals surface area contributed by atoms with Gasteiger partial charge in [0.15, 0.2) is 0 Å². The molecule has 0 amide bonds. The van der Waals surface area contributed by atoms with Gasteiger partial charge in [0, 0.05) is 9.75 Å². The average molecular weight is 260 g/mol. The molecule has 0 spiro atoms. The molecule has 1 aromatic carbocycles. The zero-order valence-electron chi connectivity index (χ0n) is 9.84. The molecule has 0 aliphatic carbocycles. The summed E-state index contributed by atoms with van der Waals surface area (Å²) in [6, 6.07) is 7.11. The van der Waals surface area contributed by atoms with Crippen molar-refractivity contribution in [3.05, 3.63) is 51.4 Å². The van der Waals surface area contributed by atoms with Crippen LogP contribution in [0.15, 0.2) is 30.8 Å². The molecule has 5 heteroatoms. The molecule has 0 aliphatic rings. The first-order valence-corrected chi connectivity index (χ1v) is 6.11. The van der Waals surface area contributed by atoms with E-state index in [4.69, 9.17) is 5.73 Å². The summed E-state index contributed by atoms with van der Waals surface area (Å²) in [7, 11) is 0. The molecule has 1 aromatic heterocycles. The van der Waals surface area contributed by atoms with Crippen LogP contribution in [0.2, 0.25) is 0 Å². The van der Waals surface area contributed by atoms with Crippen LogP contribution in [0.4, 0.5) is 11.4 Å². The van der Waals surface area contributed by atoms with E-state index in [1.165, 1.54) is 11.3 Å². The Labute approximate surface area is 109 Å². The molecule has 0 bridgehead atoms. The molecule has 4 nitrogen and oxygen atoms in total. The Morgan fingerprint density at radius 3 is 2.67 bits per heavy atom. The molecule has 0 unspecified atom stereocenters. The molecule has 2 aromatic rings. The first kappa shape index (κ1) is 12.3. The number of anilines is 1. The van der Waals surface area contributed by atoms with Crippen LogP contribution in [-0.2, 0) is 0 Å². The lowest BCUT2D eigenvalue weighted by Crippen LogP contribution is -1.98. The van der Waals surface area contributed by atoms with Gasteiger partial charge in [0.05, 0.1) is 10.5 Å². The van der Waals surface area contributed by atoms with E-state index in [1.54, 1.807) is 18.2 Å². The van der Waals surface area contributed by atoms with Gasteiger partial charge in [-0.15, -0.1) is 11.3 Å². The zero-order valence-corrected chi connectivity index (χ0v) is 10.7. The van der Waals surface area contributed by atoms with E-state index in [1.807, 2.05) is 19.1 Å². The lowest BCUT2D eigenvalue weighted by atomic mass is 10.1. The SMILES string of the molecule is C=Cc1cc(N)c([N+](=O)[O-])c(-c2ccc(C)s2)c1. The average Bonchev–Trinajstić information content (AvgIpc) is 2.74. The fourth-order valence-corrected chi connectivity index (χ4v) is 2.65. The highest BCUT2D eigenvalue weighted by Crippen LogP contribution is 2.39. The second-order valence-corrected chi connectivity index (χ2v) is 5.17. The summed E-state index contributed by atoms with van der Waals surface area (Å²) in [4.78, 5) is 12.6. The van der Waals surface area contributed by atoms with Crippen molar-refractivity contribution in [3.63, 3.8) is 0 Å². The molecule has 0 fully saturated rings. The topological polar surface area (TPSA) is 69.2 Å². The number of aryl methyl sites for hydroxylation is 1. The van der Waals surface area contributed by atoms with Crippen molar-refractivity contribution in [1.29, 1.82) is 0 Å². The van der Waals surface area contributed by atoms with Crippen molar-refractivity contribution in [2.75, 3.05) is 5.73 Å². The Hall–Kier alpha value is -2.14. The summed E-state index contributed by atoms with van der Waals surface area (Å²) in [5.74, 6) is 0. The van der Waals surface area contributed by atoms with E-state index in [0.717, 1.165) is 15.3 Å². The van der Waals surface area contributed by atoms with Crippen LogP contribution in [0.3, 0.4) is 0 Å². The summed E-state index contributed by atoms with van der Waals surface area (Å²) in [5, 5.41) is 11.1. The van der Waals surface area contributed by atoms with Gasteiger partial charge in [-0.3, -0.25) is 10.1 Å². The molecule has 92 valence electrons. The van der Waals surface area contributed by atoms with Gasteiger partial charge < -0.3 is 5.73 Å². The number of hydrogen-bond donors (Lipinski definition) is 1. The number of benzene rings is 1. The molecular formula is C13H12N2O2S. The first-order valence-electron chi connectivity index (χ1n) is 5.30. The van der Waals surface area contributed by atoms with Crippen LogP contribution in [-0.4, -0.2) is 4.92 Å².